The molecule has 0 spiro atoms. The van der Waals surface area contributed by atoms with E-state index in [9.17, 15) is 17.6 Å². The molecule has 8 nitrogen and oxygen atoms in total. The lowest BCUT2D eigenvalue weighted by atomic mass is 9.96. The van der Waals surface area contributed by atoms with Crippen LogP contribution in [0, 0.1) is 32.5 Å². The highest BCUT2D eigenvalue weighted by molar-refractivity contribution is 7.89. The smallest absolute Gasteiger partial charge is 0.248 e. The number of aryl methyl sites for hydroxylation is 2. The van der Waals surface area contributed by atoms with E-state index in [2.05, 4.69) is 42.1 Å². The first-order chi connectivity index (χ1) is 19.2. The molecule has 2 aliphatic heterocycles. The molecule has 10 heteroatoms. The van der Waals surface area contributed by atoms with Crippen LogP contribution in [0.5, 0.6) is 0 Å². The van der Waals surface area contributed by atoms with Crippen molar-refractivity contribution in [3.63, 3.8) is 0 Å². The Balaban J connectivity index is 1.21. The average molecular weight is 567 g/mol. The maximum Gasteiger partial charge on any atom is 0.248 e. The van der Waals surface area contributed by atoms with E-state index in [1.807, 2.05) is 4.90 Å². The molecule has 0 N–H and O–H groups in total. The quantitative estimate of drug-likeness (QED) is 0.432. The summed E-state index contributed by atoms with van der Waals surface area (Å²) < 4.78 is 47.9. The number of benzene rings is 2. The Kier molecular flexibility index (Phi) is 8.09. The van der Waals surface area contributed by atoms with Crippen LogP contribution in [-0.2, 0) is 14.8 Å². The fraction of sp³-hybridized carbons (Fsp3) is 0.400. The van der Waals surface area contributed by atoms with Gasteiger partial charge in [-0.05, 0) is 69.0 Å². The normalized spacial score (nSPS) is 17.6. The summed E-state index contributed by atoms with van der Waals surface area (Å²) in [6.45, 7) is 9.16. The number of hydrogen-bond donors (Lipinski definition) is 0. The molecular formula is C30H35FN4O4S. The van der Waals surface area contributed by atoms with Gasteiger partial charge in [-0.25, -0.2) is 12.8 Å². The first kappa shape index (κ1) is 28.0. The molecule has 2 aromatic carbocycles. The Morgan fingerprint density at radius 3 is 2.35 bits per heavy atom. The van der Waals surface area contributed by atoms with Crippen LogP contribution in [0.2, 0.25) is 0 Å². The van der Waals surface area contributed by atoms with Crippen molar-refractivity contribution >= 4 is 33.8 Å². The molecule has 0 saturated carbocycles. The number of piperidine rings is 1. The lowest BCUT2D eigenvalue weighted by Gasteiger charge is -2.39. The fourth-order valence-corrected chi connectivity index (χ4v) is 7.27. The number of rotatable bonds is 6. The summed E-state index contributed by atoms with van der Waals surface area (Å²) in [6.07, 6.45) is 3.82. The second-order valence-corrected chi connectivity index (χ2v) is 12.4. The van der Waals surface area contributed by atoms with Crippen molar-refractivity contribution in [2.75, 3.05) is 44.2 Å². The summed E-state index contributed by atoms with van der Waals surface area (Å²) >= 11 is 0. The largest absolute Gasteiger partial charge is 0.368 e. The Bertz CT molecular complexity index is 1520. The van der Waals surface area contributed by atoms with Gasteiger partial charge in [0.2, 0.25) is 15.9 Å². The minimum Gasteiger partial charge on any atom is -0.368 e. The predicted octanol–water partition coefficient (Wildman–Crippen LogP) is 4.66. The maximum absolute atomic E-state index is 14.0. The summed E-state index contributed by atoms with van der Waals surface area (Å²) in [4.78, 5) is 17.6. The molecule has 1 amide bonds. The minimum atomic E-state index is -3.91. The van der Waals surface area contributed by atoms with Gasteiger partial charge in [-0.15, -0.1) is 0 Å². The van der Waals surface area contributed by atoms with Gasteiger partial charge >= 0.3 is 0 Å². The van der Waals surface area contributed by atoms with Crippen LogP contribution in [0.3, 0.4) is 0 Å². The van der Waals surface area contributed by atoms with Crippen LogP contribution in [-0.4, -0.2) is 68.0 Å². The van der Waals surface area contributed by atoms with Crippen LogP contribution in [0.25, 0.3) is 12.2 Å². The molecule has 5 rings (SSSR count). The summed E-state index contributed by atoms with van der Waals surface area (Å²) in [6, 6.07) is 12.5. The van der Waals surface area contributed by atoms with Crippen LogP contribution < -0.4 is 4.90 Å². The molecule has 0 bridgehead atoms. The monoisotopic (exact) mass is 566 g/mol. The molecule has 212 valence electrons. The first-order valence-corrected chi connectivity index (χ1v) is 15.1. The van der Waals surface area contributed by atoms with E-state index in [1.54, 1.807) is 25.1 Å². The number of anilines is 1. The van der Waals surface area contributed by atoms with E-state index >= 15 is 0 Å². The third-order valence-corrected chi connectivity index (χ3v) is 10.1. The third-order valence-electron chi connectivity index (χ3n) is 8.06. The van der Waals surface area contributed by atoms with E-state index in [0.29, 0.717) is 31.5 Å². The Morgan fingerprint density at radius 1 is 0.950 bits per heavy atom. The number of amides is 1. The molecule has 0 radical (unpaired) electrons. The Labute approximate surface area is 235 Å². The van der Waals surface area contributed by atoms with Crippen molar-refractivity contribution in [2.45, 2.75) is 38.5 Å². The number of aromatic nitrogens is 1. The number of hydrogen-bond acceptors (Lipinski definition) is 6. The molecule has 40 heavy (non-hydrogen) atoms. The average Bonchev–Trinajstić information content (AvgIpc) is 3.35. The van der Waals surface area contributed by atoms with Crippen molar-refractivity contribution in [3.05, 3.63) is 76.4 Å². The van der Waals surface area contributed by atoms with Crippen LogP contribution >= 0.6 is 0 Å². The number of carbonyl (C=O) groups is 1. The highest BCUT2D eigenvalue weighted by Crippen LogP contribution is 2.31. The van der Waals surface area contributed by atoms with Crippen LogP contribution in [0.4, 0.5) is 10.1 Å². The van der Waals surface area contributed by atoms with Crippen molar-refractivity contribution in [3.8, 4) is 0 Å². The van der Waals surface area contributed by atoms with E-state index in [1.165, 1.54) is 39.3 Å². The number of nitrogens with zero attached hydrogens (tertiary/aromatic N) is 4. The minimum absolute atomic E-state index is 0.0209. The van der Waals surface area contributed by atoms with Gasteiger partial charge < -0.3 is 14.3 Å². The standard InChI is InChI=1S/C30H35FN4O4S/c1-21-7-6-10-27(22(21)2)33-17-19-34(20-18-33)30(36)25-13-15-35(16-14-25)40(37,38)29-23(3)32-39-28(29)12-11-24-8-4-5-9-26(24)31/h4-12,25H,13-20H2,1-3H3. The molecule has 3 aromatic rings. The number of carbonyl (C=O) groups excluding carboxylic acids is 1. The second-order valence-electron chi connectivity index (χ2n) is 10.5. The van der Waals surface area contributed by atoms with E-state index < -0.39 is 15.8 Å². The molecule has 2 saturated heterocycles. The van der Waals surface area contributed by atoms with Crippen molar-refractivity contribution in [1.82, 2.24) is 14.4 Å². The van der Waals surface area contributed by atoms with E-state index in [4.69, 9.17) is 4.52 Å². The van der Waals surface area contributed by atoms with Gasteiger partial charge in [0, 0.05) is 56.4 Å². The molecule has 0 unspecified atom stereocenters. The lowest BCUT2D eigenvalue weighted by molar-refractivity contribution is -0.137. The van der Waals surface area contributed by atoms with Crippen LogP contribution in [0.1, 0.15) is 41.0 Å². The summed E-state index contributed by atoms with van der Waals surface area (Å²) in [5, 5.41) is 3.86. The highest BCUT2D eigenvalue weighted by Gasteiger charge is 2.37. The van der Waals surface area contributed by atoms with E-state index in [0.717, 1.165) is 13.1 Å². The number of sulfonamides is 1. The van der Waals surface area contributed by atoms with Crippen molar-refractivity contribution in [2.24, 2.45) is 5.92 Å². The van der Waals surface area contributed by atoms with Gasteiger partial charge in [0.1, 0.15) is 11.5 Å². The van der Waals surface area contributed by atoms with Crippen molar-refractivity contribution < 1.29 is 22.1 Å². The van der Waals surface area contributed by atoms with Crippen molar-refractivity contribution in [1.29, 1.82) is 0 Å². The number of halogens is 1. The van der Waals surface area contributed by atoms with Gasteiger partial charge in [-0.3, -0.25) is 4.79 Å². The van der Waals surface area contributed by atoms with Gasteiger partial charge in [0.05, 0.1) is 0 Å². The molecule has 3 heterocycles. The van der Waals surface area contributed by atoms with Crippen LogP contribution in [0.15, 0.2) is 51.9 Å². The molecule has 2 fully saturated rings. The topological polar surface area (TPSA) is 87.0 Å². The predicted molar refractivity (Wildman–Crippen MR) is 153 cm³/mol. The molecular weight excluding hydrogens is 531 g/mol. The summed E-state index contributed by atoms with van der Waals surface area (Å²) in [5.41, 5.74) is 4.30. The lowest BCUT2D eigenvalue weighted by Crippen LogP contribution is -2.52. The highest BCUT2D eigenvalue weighted by atomic mass is 32.2. The molecule has 1 aromatic heterocycles. The summed E-state index contributed by atoms with van der Waals surface area (Å²) in [5.74, 6) is -0.464. The zero-order valence-corrected chi connectivity index (χ0v) is 24.0. The van der Waals surface area contributed by atoms with Gasteiger partial charge in [0.25, 0.3) is 0 Å². The van der Waals surface area contributed by atoms with Gasteiger partial charge in [-0.2, -0.15) is 4.31 Å². The number of piperazine rings is 1. The Morgan fingerprint density at radius 2 is 1.65 bits per heavy atom. The zero-order chi connectivity index (χ0) is 28.4. The molecule has 0 atom stereocenters. The molecule has 0 aliphatic carbocycles. The van der Waals surface area contributed by atoms with E-state index in [-0.39, 0.29) is 41.3 Å². The van der Waals surface area contributed by atoms with Gasteiger partial charge in [-0.1, -0.05) is 35.5 Å². The SMILES string of the molecule is Cc1cccc(N2CCN(C(=O)C3CCN(S(=O)(=O)c4c(C)noc4C=Cc4ccccc4F)CC3)CC2)c1C. The Hall–Kier alpha value is -3.50. The van der Waals surface area contributed by atoms with Gasteiger partial charge in [0.15, 0.2) is 10.7 Å². The summed E-state index contributed by atoms with van der Waals surface area (Å²) in [7, 11) is -3.91. The second kappa shape index (κ2) is 11.5. The zero-order valence-electron chi connectivity index (χ0n) is 23.1. The third kappa shape index (κ3) is 5.55. The molecule has 2 aliphatic rings. The maximum atomic E-state index is 14.0. The fourth-order valence-electron chi connectivity index (χ4n) is 5.55. The first-order valence-electron chi connectivity index (χ1n) is 13.7.